The SMILES string of the molecule is CCn1c(N)c(C(=O)NC)c(=O)c2ccc(-c3ccc(NS(=O)(=O)c4ccccc4F)c(F)c3)nc21. The average molecular weight is 514 g/mol. The molecule has 0 unspecified atom stereocenters. The molecule has 9 nitrogen and oxygen atoms in total. The van der Waals surface area contributed by atoms with Gasteiger partial charge in [-0.2, -0.15) is 0 Å². The van der Waals surface area contributed by atoms with Crippen molar-refractivity contribution in [1.82, 2.24) is 14.9 Å². The molecule has 0 saturated heterocycles. The third-order valence-electron chi connectivity index (χ3n) is 5.56. The lowest BCUT2D eigenvalue weighted by molar-refractivity contribution is 0.0962. The Morgan fingerprint density at radius 2 is 1.81 bits per heavy atom. The minimum absolute atomic E-state index is 0.0527. The minimum atomic E-state index is -4.37. The van der Waals surface area contributed by atoms with Crippen LogP contribution in [0.15, 0.2) is 64.3 Å². The first-order valence-corrected chi connectivity index (χ1v) is 12.2. The molecule has 0 bridgehead atoms. The Balaban J connectivity index is 1.77. The summed E-state index contributed by atoms with van der Waals surface area (Å²) in [6, 6.07) is 11.4. The number of pyridine rings is 2. The van der Waals surface area contributed by atoms with E-state index in [1.165, 1.54) is 48.0 Å². The summed E-state index contributed by atoms with van der Waals surface area (Å²) in [5, 5.41) is 2.55. The van der Waals surface area contributed by atoms with Crippen molar-refractivity contribution in [1.29, 1.82) is 0 Å². The summed E-state index contributed by atoms with van der Waals surface area (Å²) in [6.45, 7) is 2.06. The third-order valence-corrected chi connectivity index (χ3v) is 6.95. The molecular weight excluding hydrogens is 492 g/mol. The van der Waals surface area contributed by atoms with Gasteiger partial charge in [-0.25, -0.2) is 22.2 Å². The van der Waals surface area contributed by atoms with Crippen LogP contribution < -0.4 is 21.2 Å². The van der Waals surface area contributed by atoms with Crippen LogP contribution in [0.4, 0.5) is 20.3 Å². The molecule has 0 radical (unpaired) electrons. The second-order valence-electron chi connectivity index (χ2n) is 7.71. The number of amides is 1. The zero-order chi connectivity index (χ0) is 26.2. The van der Waals surface area contributed by atoms with Gasteiger partial charge in [0.2, 0.25) is 5.43 Å². The van der Waals surface area contributed by atoms with Gasteiger partial charge in [0.25, 0.3) is 15.9 Å². The van der Waals surface area contributed by atoms with Crippen LogP contribution in [0.5, 0.6) is 0 Å². The number of nitrogens with two attached hydrogens (primary N) is 1. The fourth-order valence-corrected chi connectivity index (χ4v) is 4.92. The molecule has 2 aromatic heterocycles. The largest absolute Gasteiger partial charge is 0.384 e. The second-order valence-corrected chi connectivity index (χ2v) is 9.36. The summed E-state index contributed by atoms with van der Waals surface area (Å²) in [5.41, 5.74) is 5.70. The van der Waals surface area contributed by atoms with Crippen LogP contribution in [0, 0.1) is 11.6 Å². The molecule has 0 aliphatic rings. The maximum absolute atomic E-state index is 14.9. The van der Waals surface area contributed by atoms with Crippen molar-refractivity contribution in [2.75, 3.05) is 17.5 Å². The predicted molar refractivity (Wildman–Crippen MR) is 132 cm³/mol. The summed E-state index contributed by atoms with van der Waals surface area (Å²) in [4.78, 5) is 28.9. The molecule has 12 heteroatoms. The van der Waals surface area contributed by atoms with Gasteiger partial charge in [0.05, 0.1) is 16.8 Å². The van der Waals surface area contributed by atoms with Crippen LogP contribution in [0.25, 0.3) is 22.3 Å². The maximum atomic E-state index is 14.9. The van der Waals surface area contributed by atoms with Crippen molar-refractivity contribution in [3.05, 3.63) is 82.0 Å². The van der Waals surface area contributed by atoms with Crippen molar-refractivity contribution in [2.45, 2.75) is 18.4 Å². The molecule has 4 N–H and O–H groups in total. The lowest BCUT2D eigenvalue weighted by Crippen LogP contribution is -2.30. The first-order chi connectivity index (χ1) is 17.1. The number of nitrogens with one attached hydrogen (secondary N) is 2. The number of aromatic nitrogens is 2. The number of benzene rings is 2. The zero-order valence-electron chi connectivity index (χ0n) is 19.2. The Kier molecular flexibility index (Phi) is 6.46. The van der Waals surface area contributed by atoms with Crippen molar-refractivity contribution in [3.8, 4) is 11.3 Å². The van der Waals surface area contributed by atoms with Gasteiger partial charge in [0.1, 0.15) is 33.6 Å². The van der Waals surface area contributed by atoms with E-state index < -0.39 is 37.9 Å². The fourth-order valence-electron chi connectivity index (χ4n) is 3.78. The number of hydrogen-bond donors (Lipinski definition) is 3. The molecule has 4 rings (SSSR count). The number of rotatable bonds is 6. The highest BCUT2D eigenvalue weighted by molar-refractivity contribution is 7.92. The fraction of sp³-hybridized carbons (Fsp3) is 0.125. The summed E-state index contributed by atoms with van der Waals surface area (Å²) < 4.78 is 57.4. The summed E-state index contributed by atoms with van der Waals surface area (Å²) >= 11 is 0. The molecule has 0 spiro atoms. The smallest absolute Gasteiger partial charge is 0.264 e. The maximum Gasteiger partial charge on any atom is 0.264 e. The van der Waals surface area contributed by atoms with E-state index in [0.29, 0.717) is 6.54 Å². The Bertz CT molecular complexity index is 1690. The lowest BCUT2D eigenvalue weighted by Gasteiger charge is -2.16. The van der Waals surface area contributed by atoms with E-state index in [0.717, 1.165) is 18.2 Å². The molecule has 0 saturated carbocycles. The molecular formula is C24H21F2N5O4S. The molecule has 0 fully saturated rings. The number of nitrogen functional groups attached to an aromatic ring is 1. The van der Waals surface area contributed by atoms with Gasteiger partial charge < -0.3 is 15.6 Å². The highest BCUT2D eigenvalue weighted by atomic mass is 32.2. The van der Waals surface area contributed by atoms with Gasteiger partial charge in [-0.15, -0.1) is 0 Å². The molecule has 0 aliphatic carbocycles. The molecule has 4 aromatic rings. The monoisotopic (exact) mass is 513 g/mol. The van der Waals surface area contributed by atoms with E-state index in [1.807, 2.05) is 4.72 Å². The van der Waals surface area contributed by atoms with Crippen molar-refractivity contribution >= 4 is 38.5 Å². The first kappa shape index (κ1) is 24.8. The highest BCUT2D eigenvalue weighted by Gasteiger charge is 2.22. The van der Waals surface area contributed by atoms with E-state index in [9.17, 15) is 26.8 Å². The lowest BCUT2D eigenvalue weighted by atomic mass is 10.1. The normalized spacial score (nSPS) is 11.4. The number of fused-ring (bicyclic) bond motifs is 1. The molecule has 36 heavy (non-hydrogen) atoms. The van der Waals surface area contributed by atoms with Gasteiger partial charge in [-0.1, -0.05) is 18.2 Å². The third kappa shape index (κ3) is 4.26. The van der Waals surface area contributed by atoms with E-state index in [2.05, 4.69) is 10.3 Å². The van der Waals surface area contributed by atoms with E-state index >= 15 is 0 Å². The van der Waals surface area contributed by atoms with Crippen LogP contribution in [0.2, 0.25) is 0 Å². The van der Waals surface area contributed by atoms with Crippen molar-refractivity contribution in [3.63, 3.8) is 0 Å². The highest BCUT2D eigenvalue weighted by Crippen LogP contribution is 2.27. The van der Waals surface area contributed by atoms with Gasteiger partial charge in [-0.3, -0.25) is 14.3 Å². The second kappa shape index (κ2) is 9.38. The number of anilines is 2. The quantitative estimate of drug-likeness (QED) is 0.363. The van der Waals surface area contributed by atoms with E-state index in [1.54, 1.807) is 6.92 Å². The standard InChI is InChI=1S/C24H21F2N5O4S/c1-3-31-22(27)20(24(33)28-2)21(32)14-9-11-17(29-23(14)31)13-8-10-18(16(26)12-13)30-36(34,35)19-7-5-4-6-15(19)25/h4-12,30H,3,27H2,1-2H3,(H,28,33). The van der Waals surface area contributed by atoms with Crippen LogP contribution in [0.3, 0.4) is 0 Å². The molecule has 2 aromatic carbocycles. The summed E-state index contributed by atoms with van der Waals surface area (Å²) in [7, 11) is -2.98. The number of halogens is 2. The molecule has 186 valence electrons. The zero-order valence-corrected chi connectivity index (χ0v) is 20.0. The average Bonchev–Trinajstić information content (AvgIpc) is 2.85. The first-order valence-electron chi connectivity index (χ1n) is 10.7. The number of hydrogen-bond acceptors (Lipinski definition) is 6. The topological polar surface area (TPSA) is 136 Å². The van der Waals surface area contributed by atoms with Gasteiger partial charge in [0, 0.05) is 19.2 Å². The van der Waals surface area contributed by atoms with Crippen molar-refractivity contribution in [2.24, 2.45) is 0 Å². The van der Waals surface area contributed by atoms with Crippen molar-refractivity contribution < 1.29 is 22.0 Å². The molecule has 1 amide bonds. The molecule has 0 atom stereocenters. The number of carbonyl (C=O) groups is 1. The van der Waals surface area contributed by atoms with Crippen LogP contribution in [-0.2, 0) is 16.6 Å². The van der Waals surface area contributed by atoms with Gasteiger partial charge >= 0.3 is 0 Å². The number of sulfonamides is 1. The Morgan fingerprint density at radius 3 is 2.44 bits per heavy atom. The number of carbonyl (C=O) groups excluding carboxylic acids is 1. The van der Waals surface area contributed by atoms with Crippen LogP contribution in [0.1, 0.15) is 17.3 Å². The Labute approximate surface area is 204 Å². The number of aryl methyl sites for hydroxylation is 1. The Hall–Kier alpha value is -4.32. The van der Waals surface area contributed by atoms with Gasteiger partial charge in [0.15, 0.2) is 0 Å². The minimum Gasteiger partial charge on any atom is -0.384 e. The number of nitrogens with zero attached hydrogens (tertiary/aromatic N) is 2. The van der Waals surface area contributed by atoms with Crippen LogP contribution in [-0.4, -0.2) is 30.9 Å². The van der Waals surface area contributed by atoms with E-state index in [4.69, 9.17) is 5.73 Å². The Morgan fingerprint density at radius 1 is 1.08 bits per heavy atom. The summed E-state index contributed by atoms with van der Waals surface area (Å²) in [5.74, 6) is -2.57. The molecule has 2 heterocycles. The summed E-state index contributed by atoms with van der Waals surface area (Å²) in [6.07, 6.45) is 0. The van der Waals surface area contributed by atoms with E-state index in [-0.39, 0.29) is 39.4 Å². The van der Waals surface area contributed by atoms with Gasteiger partial charge in [-0.05, 0) is 43.3 Å². The predicted octanol–water partition coefficient (Wildman–Crippen LogP) is 3.10. The van der Waals surface area contributed by atoms with Crippen LogP contribution >= 0.6 is 0 Å². The molecule has 0 aliphatic heterocycles.